The third kappa shape index (κ3) is 1.96. The van der Waals surface area contributed by atoms with E-state index in [2.05, 4.69) is 22.5 Å². The topological polar surface area (TPSA) is 20.2 Å². The number of aliphatic hydroxyl groups is 1. The maximum atomic E-state index is 9.47. The zero-order valence-electron chi connectivity index (χ0n) is 6.92. The van der Waals surface area contributed by atoms with Crippen LogP contribution in [0.4, 0.5) is 0 Å². The molecule has 0 radical (unpaired) electrons. The van der Waals surface area contributed by atoms with Crippen LogP contribution in [-0.4, -0.2) is 5.11 Å². The fourth-order valence-corrected chi connectivity index (χ4v) is 1.57. The number of rotatable bonds is 2. The van der Waals surface area contributed by atoms with Crippen LogP contribution in [0.2, 0.25) is 0 Å². The second-order valence-corrected chi connectivity index (χ2v) is 3.60. The van der Waals surface area contributed by atoms with Gasteiger partial charge in [0.2, 0.25) is 0 Å². The van der Waals surface area contributed by atoms with Crippen LogP contribution < -0.4 is 0 Å². The summed E-state index contributed by atoms with van der Waals surface area (Å²) in [5.74, 6) is 0. The highest BCUT2D eigenvalue weighted by atomic mass is 79.9. The Morgan fingerprint density at radius 1 is 1.58 bits per heavy atom. The van der Waals surface area contributed by atoms with E-state index in [1.807, 2.05) is 25.1 Å². The molecule has 0 aliphatic rings. The molecule has 64 valence electrons. The first-order valence-electron chi connectivity index (χ1n) is 3.72. The van der Waals surface area contributed by atoms with Gasteiger partial charge in [0, 0.05) is 4.47 Å². The van der Waals surface area contributed by atoms with Crippen LogP contribution in [0.5, 0.6) is 0 Å². The van der Waals surface area contributed by atoms with Crippen molar-refractivity contribution < 1.29 is 5.11 Å². The van der Waals surface area contributed by atoms with Gasteiger partial charge in [-0.2, -0.15) is 0 Å². The summed E-state index contributed by atoms with van der Waals surface area (Å²) in [7, 11) is 0. The van der Waals surface area contributed by atoms with Crippen LogP contribution in [0.3, 0.4) is 0 Å². The molecule has 1 nitrogen and oxygen atoms in total. The molecule has 0 fully saturated rings. The first-order valence-corrected chi connectivity index (χ1v) is 4.51. The highest BCUT2D eigenvalue weighted by Gasteiger charge is 2.05. The molecule has 1 rings (SSSR count). The molecule has 0 spiro atoms. The van der Waals surface area contributed by atoms with Crippen molar-refractivity contribution in [2.45, 2.75) is 13.0 Å². The standard InChI is InChI=1S/C10H11BrO/c1-3-10(12)9-5-4-8(11)6-7(9)2/h3-6,10,12H,1H2,2H3. The van der Waals surface area contributed by atoms with Crippen LogP contribution in [0.15, 0.2) is 35.3 Å². The Kier molecular flexibility index (Phi) is 3.06. The van der Waals surface area contributed by atoms with Gasteiger partial charge in [0.05, 0.1) is 6.10 Å². The number of aliphatic hydroxyl groups excluding tert-OH is 1. The highest BCUT2D eigenvalue weighted by Crippen LogP contribution is 2.21. The van der Waals surface area contributed by atoms with Gasteiger partial charge in [-0.05, 0) is 30.2 Å². The molecule has 1 N–H and O–H groups in total. The van der Waals surface area contributed by atoms with Crippen molar-refractivity contribution >= 4 is 15.9 Å². The molecule has 0 aromatic heterocycles. The number of hydrogen-bond donors (Lipinski definition) is 1. The van der Waals surface area contributed by atoms with Crippen molar-refractivity contribution in [3.63, 3.8) is 0 Å². The summed E-state index contributed by atoms with van der Waals surface area (Å²) < 4.78 is 1.03. The third-order valence-corrected chi connectivity index (χ3v) is 2.27. The van der Waals surface area contributed by atoms with Crippen molar-refractivity contribution in [1.29, 1.82) is 0 Å². The van der Waals surface area contributed by atoms with Gasteiger partial charge in [0.15, 0.2) is 0 Å². The zero-order chi connectivity index (χ0) is 9.14. The largest absolute Gasteiger partial charge is 0.384 e. The van der Waals surface area contributed by atoms with Crippen molar-refractivity contribution in [2.24, 2.45) is 0 Å². The lowest BCUT2D eigenvalue weighted by atomic mass is 10.0. The fourth-order valence-electron chi connectivity index (χ4n) is 1.10. The second-order valence-electron chi connectivity index (χ2n) is 2.68. The summed E-state index contributed by atoms with van der Waals surface area (Å²) in [6.07, 6.45) is 0.967. The van der Waals surface area contributed by atoms with Gasteiger partial charge in [-0.15, -0.1) is 6.58 Å². The van der Waals surface area contributed by atoms with Crippen LogP contribution in [0, 0.1) is 6.92 Å². The summed E-state index contributed by atoms with van der Waals surface area (Å²) in [5, 5.41) is 9.47. The van der Waals surface area contributed by atoms with E-state index < -0.39 is 6.10 Å². The van der Waals surface area contributed by atoms with Crippen LogP contribution in [0.1, 0.15) is 17.2 Å². The van der Waals surface area contributed by atoms with Gasteiger partial charge in [-0.1, -0.05) is 28.1 Å². The van der Waals surface area contributed by atoms with Crippen LogP contribution >= 0.6 is 15.9 Å². The molecule has 12 heavy (non-hydrogen) atoms. The van der Waals surface area contributed by atoms with Gasteiger partial charge < -0.3 is 5.11 Å². The van der Waals surface area contributed by atoms with E-state index in [9.17, 15) is 5.11 Å². The van der Waals surface area contributed by atoms with Crippen LogP contribution in [-0.2, 0) is 0 Å². The zero-order valence-corrected chi connectivity index (χ0v) is 8.51. The molecular weight excluding hydrogens is 216 g/mol. The summed E-state index contributed by atoms with van der Waals surface area (Å²) in [6.45, 7) is 5.50. The summed E-state index contributed by atoms with van der Waals surface area (Å²) in [6, 6.07) is 5.78. The molecule has 0 aliphatic heterocycles. The molecule has 1 atom stereocenters. The van der Waals surface area contributed by atoms with Crippen molar-refractivity contribution in [1.82, 2.24) is 0 Å². The van der Waals surface area contributed by atoms with Crippen molar-refractivity contribution in [3.05, 3.63) is 46.5 Å². The molecule has 0 heterocycles. The van der Waals surface area contributed by atoms with Crippen molar-refractivity contribution in [3.8, 4) is 0 Å². The average molecular weight is 227 g/mol. The lowest BCUT2D eigenvalue weighted by Gasteiger charge is -2.09. The number of benzene rings is 1. The van der Waals surface area contributed by atoms with E-state index in [1.54, 1.807) is 0 Å². The Balaban J connectivity index is 3.09. The van der Waals surface area contributed by atoms with E-state index in [0.717, 1.165) is 15.6 Å². The molecular formula is C10H11BrO. The normalized spacial score (nSPS) is 12.6. The van der Waals surface area contributed by atoms with Gasteiger partial charge in [0.25, 0.3) is 0 Å². The molecule has 1 aromatic carbocycles. The molecule has 0 amide bonds. The fraction of sp³-hybridized carbons (Fsp3) is 0.200. The Labute approximate surface area is 80.9 Å². The maximum Gasteiger partial charge on any atom is 0.0971 e. The quantitative estimate of drug-likeness (QED) is 0.770. The molecule has 1 unspecified atom stereocenters. The predicted octanol–water partition coefficient (Wildman–Crippen LogP) is 2.98. The van der Waals surface area contributed by atoms with Gasteiger partial charge in [-0.25, -0.2) is 0 Å². The minimum Gasteiger partial charge on any atom is -0.384 e. The first-order chi connectivity index (χ1) is 5.65. The number of hydrogen-bond acceptors (Lipinski definition) is 1. The van der Waals surface area contributed by atoms with Gasteiger partial charge in [0.1, 0.15) is 0 Å². The average Bonchev–Trinajstić information content (AvgIpc) is 2.03. The van der Waals surface area contributed by atoms with E-state index in [-0.39, 0.29) is 0 Å². The van der Waals surface area contributed by atoms with E-state index in [1.165, 1.54) is 6.08 Å². The van der Waals surface area contributed by atoms with E-state index in [0.29, 0.717) is 0 Å². The van der Waals surface area contributed by atoms with E-state index >= 15 is 0 Å². The summed E-state index contributed by atoms with van der Waals surface area (Å²) >= 11 is 3.36. The van der Waals surface area contributed by atoms with E-state index in [4.69, 9.17) is 0 Å². The van der Waals surface area contributed by atoms with Gasteiger partial charge >= 0.3 is 0 Å². The maximum absolute atomic E-state index is 9.47. The smallest absolute Gasteiger partial charge is 0.0971 e. The highest BCUT2D eigenvalue weighted by molar-refractivity contribution is 9.10. The first kappa shape index (κ1) is 9.49. The Bertz CT molecular complexity index is 294. The van der Waals surface area contributed by atoms with Crippen molar-refractivity contribution in [2.75, 3.05) is 0 Å². The molecule has 0 saturated heterocycles. The Hall–Kier alpha value is -0.600. The number of halogens is 1. The van der Waals surface area contributed by atoms with Gasteiger partial charge in [-0.3, -0.25) is 0 Å². The summed E-state index contributed by atoms with van der Waals surface area (Å²) in [4.78, 5) is 0. The monoisotopic (exact) mass is 226 g/mol. The minimum atomic E-state index is -0.557. The molecule has 2 heteroatoms. The Morgan fingerprint density at radius 2 is 2.25 bits per heavy atom. The molecule has 0 saturated carbocycles. The number of aryl methyl sites for hydroxylation is 1. The SMILES string of the molecule is C=CC(O)c1ccc(Br)cc1C. The summed E-state index contributed by atoms with van der Waals surface area (Å²) in [5.41, 5.74) is 1.98. The van der Waals surface area contributed by atoms with Crippen LogP contribution in [0.25, 0.3) is 0 Å². The lowest BCUT2D eigenvalue weighted by molar-refractivity contribution is 0.228. The minimum absolute atomic E-state index is 0.557. The molecule has 1 aromatic rings. The second kappa shape index (κ2) is 3.87. The predicted molar refractivity (Wildman–Crippen MR) is 54.0 cm³/mol. The lowest BCUT2D eigenvalue weighted by Crippen LogP contribution is -1.95. The molecule has 0 bridgehead atoms. The molecule has 0 aliphatic carbocycles. The third-order valence-electron chi connectivity index (χ3n) is 1.77. The Morgan fingerprint density at radius 3 is 2.75 bits per heavy atom.